The Morgan fingerprint density at radius 3 is 2.33 bits per heavy atom. The van der Waals surface area contributed by atoms with E-state index in [4.69, 9.17) is 9.47 Å². The van der Waals surface area contributed by atoms with Crippen LogP contribution in [0.2, 0.25) is 0 Å². The quantitative estimate of drug-likeness (QED) is 0.575. The summed E-state index contributed by atoms with van der Waals surface area (Å²) in [6, 6.07) is 7.22. The first-order valence-corrected chi connectivity index (χ1v) is 8.08. The van der Waals surface area contributed by atoms with Crippen LogP contribution in [0.15, 0.2) is 24.3 Å². The number of benzene rings is 1. The van der Waals surface area contributed by atoms with E-state index in [0.29, 0.717) is 32.0 Å². The average molecular weight is 335 g/mol. The second-order valence-electron chi connectivity index (χ2n) is 5.73. The molecule has 1 aliphatic rings. The number of ether oxygens (including phenoxy) is 2. The minimum absolute atomic E-state index is 0.105. The molecule has 1 aromatic rings. The molecule has 0 radical (unpaired) electrons. The first kappa shape index (κ1) is 18.1. The van der Waals surface area contributed by atoms with E-state index in [1.807, 2.05) is 19.2 Å². The molecule has 1 N–H and O–H groups in total. The number of rotatable bonds is 7. The predicted octanol–water partition coefficient (Wildman–Crippen LogP) is 0.354. The smallest absolute Gasteiger partial charge is 0.232 e. The summed E-state index contributed by atoms with van der Waals surface area (Å²) in [5, 5.41) is 2.71. The van der Waals surface area contributed by atoms with Gasteiger partial charge in [0.25, 0.3) is 0 Å². The lowest BCUT2D eigenvalue weighted by Gasteiger charge is -2.32. The van der Waals surface area contributed by atoms with Crippen LogP contribution in [0, 0.1) is 0 Å². The highest BCUT2D eigenvalue weighted by Gasteiger charge is 2.20. The van der Waals surface area contributed by atoms with Crippen molar-refractivity contribution in [1.82, 2.24) is 15.1 Å². The number of hydrogen-bond donors (Lipinski definition) is 1. The molecule has 0 unspecified atom stereocenters. The van der Waals surface area contributed by atoms with Crippen molar-refractivity contribution >= 4 is 11.8 Å². The third kappa shape index (κ3) is 5.73. The van der Waals surface area contributed by atoms with Gasteiger partial charge in [-0.25, -0.2) is 0 Å². The Labute approximate surface area is 142 Å². The van der Waals surface area contributed by atoms with Gasteiger partial charge in [0.2, 0.25) is 11.8 Å². The molecule has 0 spiro atoms. The van der Waals surface area contributed by atoms with Crippen LogP contribution in [0.4, 0.5) is 0 Å². The Morgan fingerprint density at radius 1 is 1.08 bits per heavy atom. The minimum Gasteiger partial charge on any atom is -0.497 e. The van der Waals surface area contributed by atoms with Crippen LogP contribution in [0.3, 0.4) is 0 Å². The molecular formula is C17H25N3O4. The van der Waals surface area contributed by atoms with Gasteiger partial charge in [0.05, 0.1) is 13.7 Å². The van der Waals surface area contributed by atoms with Gasteiger partial charge in [-0.2, -0.15) is 0 Å². The zero-order valence-electron chi connectivity index (χ0n) is 14.3. The van der Waals surface area contributed by atoms with Crippen molar-refractivity contribution in [2.45, 2.75) is 6.42 Å². The van der Waals surface area contributed by atoms with Gasteiger partial charge >= 0.3 is 0 Å². The van der Waals surface area contributed by atoms with Gasteiger partial charge in [-0.05, 0) is 31.3 Å². The number of nitrogens with zero attached hydrogens (tertiary/aromatic N) is 2. The molecule has 1 aliphatic heterocycles. The van der Waals surface area contributed by atoms with Gasteiger partial charge < -0.3 is 24.6 Å². The lowest BCUT2D eigenvalue weighted by atomic mass is 10.3. The SMILES string of the molecule is COc1ccc(OCCNC(=O)CC(=O)N2CCN(C)CC2)cc1. The van der Waals surface area contributed by atoms with E-state index in [-0.39, 0.29) is 18.2 Å². The zero-order chi connectivity index (χ0) is 17.4. The number of methoxy groups -OCH3 is 1. The van der Waals surface area contributed by atoms with Gasteiger partial charge in [0.15, 0.2) is 0 Å². The van der Waals surface area contributed by atoms with E-state index in [1.165, 1.54) is 0 Å². The fourth-order valence-corrected chi connectivity index (χ4v) is 2.40. The lowest BCUT2D eigenvalue weighted by molar-refractivity contribution is -0.137. The summed E-state index contributed by atoms with van der Waals surface area (Å²) in [5.74, 6) is 1.09. The van der Waals surface area contributed by atoms with Gasteiger partial charge in [-0.1, -0.05) is 0 Å². The first-order chi connectivity index (χ1) is 11.6. The summed E-state index contributed by atoms with van der Waals surface area (Å²) in [4.78, 5) is 27.8. The second-order valence-corrected chi connectivity index (χ2v) is 5.73. The molecule has 2 amide bonds. The minimum atomic E-state index is -0.266. The number of hydrogen-bond acceptors (Lipinski definition) is 5. The molecule has 0 bridgehead atoms. The summed E-state index contributed by atoms with van der Waals surface area (Å²) in [6.45, 7) is 3.78. The Hall–Kier alpha value is -2.28. The Kier molecular flexibility index (Phi) is 6.87. The van der Waals surface area contributed by atoms with Crippen molar-refractivity contribution in [1.29, 1.82) is 0 Å². The van der Waals surface area contributed by atoms with Gasteiger partial charge in [0, 0.05) is 26.2 Å². The number of likely N-dealkylation sites (N-methyl/N-ethyl adjacent to an activating group) is 1. The maximum Gasteiger partial charge on any atom is 0.232 e. The van der Waals surface area contributed by atoms with Crippen molar-refractivity contribution in [2.75, 3.05) is 53.5 Å². The van der Waals surface area contributed by atoms with Gasteiger partial charge in [0.1, 0.15) is 24.5 Å². The summed E-state index contributed by atoms with van der Waals surface area (Å²) in [6.07, 6.45) is -0.105. The Balaban J connectivity index is 1.61. The molecule has 1 fully saturated rings. The summed E-state index contributed by atoms with van der Waals surface area (Å²) >= 11 is 0. The lowest BCUT2D eigenvalue weighted by Crippen LogP contribution is -2.48. The highest BCUT2D eigenvalue weighted by molar-refractivity contribution is 5.96. The Morgan fingerprint density at radius 2 is 1.71 bits per heavy atom. The second kappa shape index (κ2) is 9.12. The number of carbonyl (C=O) groups excluding carboxylic acids is 2. The van der Waals surface area contributed by atoms with E-state index in [0.717, 1.165) is 18.8 Å². The molecule has 0 aliphatic carbocycles. The molecule has 2 rings (SSSR count). The van der Waals surface area contributed by atoms with Crippen LogP contribution in [0.5, 0.6) is 11.5 Å². The van der Waals surface area contributed by atoms with E-state index in [2.05, 4.69) is 10.2 Å². The topological polar surface area (TPSA) is 71.1 Å². The van der Waals surface area contributed by atoms with Crippen LogP contribution in [-0.4, -0.2) is 75.1 Å². The highest BCUT2D eigenvalue weighted by Crippen LogP contribution is 2.16. The molecule has 0 atom stereocenters. The third-order valence-electron chi connectivity index (χ3n) is 3.92. The molecule has 1 aromatic carbocycles. The molecule has 7 nitrogen and oxygen atoms in total. The highest BCUT2D eigenvalue weighted by atomic mass is 16.5. The zero-order valence-corrected chi connectivity index (χ0v) is 14.3. The largest absolute Gasteiger partial charge is 0.497 e. The summed E-state index contributed by atoms with van der Waals surface area (Å²) in [7, 11) is 3.63. The average Bonchev–Trinajstić information content (AvgIpc) is 2.59. The third-order valence-corrected chi connectivity index (χ3v) is 3.92. The van der Waals surface area contributed by atoms with Crippen LogP contribution in [0.1, 0.15) is 6.42 Å². The Bertz CT molecular complexity index is 539. The number of carbonyl (C=O) groups is 2. The molecule has 0 aromatic heterocycles. The van der Waals surface area contributed by atoms with Crippen LogP contribution in [0.25, 0.3) is 0 Å². The van der Waals surface area contributed by atoms with Crippen molar-refractivity contribution in [3.05, 3.63) is 24.3 Å². The molecule has 24 heavy (non-hydrogen) atoms. The molecular weight excluding hydrogens is 310 g/mol. The molecule has 1 saturated heterocycles. The summed E-state index contributed by atoms with van der Waals surface area (Å²) < 4.78 is 10.6. The number of piperazine rings is 1. The van der Waals surface area contributed by atoms with E-state index in [9.17, 15) is 9.59 Å². The van der Waals surface area contributed by atoms with Crippen molar-refractivity contribution < 1.29 is 19.1 Å². The molecule has 1 heterocycles. The normalized spacial score (nSPS) is 15.0. The van der Waals surface area contributed by atoms with Gasteiger partial charge in [-0.3, -0.25) is 9.59 Å². The van der Waals surface area contributed by atoms with E-state index >= 15 is 0 Å². The fourth-order valence-electron chi connectivity index (χ4n) is 2.40. The molecule has 0 saturated carbocycles. The van der Waals surface area contributed by atoms with Crippen molar-refractivity contribution in [2.24, 2.45) is 0 Å². The van der Waals surface area contributed by atoms with Crippen molar-refractivity contribution in [3.8, 4) is 11.5 Å². The van der Waals surface area contributed by atoms with Crippen LogP contribution < -0.4 is 14.8 Å². The van der Waals surface area contributed by atoms with Crippen molar-refractivity contribution in [3.63, 3.8) is 0 Å². The van der Waals surface area contributed by atoms with Gasteiger partial charge in [-0.15, -0.1) is 0 Å². The maximum atomic E-state index is 12.0. The standard InChI is InChI=1S/C17H25N3O4/c1-19-8-10-20(11-9-19)17(22)13-16(21)18-7-12-24-15-5-3-14(23-2)4-6-15/h3-6H,7-13H2,1-2H3,(H,18,21). The number of nitrogens with one attached hydrogen (secondary N) is 1. The fraction of sp³-hybridized carbons (Fsp3) is 0.529. The van der Waals surface area contributed by atoms with Crippen LogP contribution in [-0.2, 0) is 9.59 Å². The molecule has 7 heteroatoms. The first-order valence-electron chi connectivity index (χ1n) is 8.08. The monoisotopic (exact) mass is 335 g/mol. The molecule has 132 valence electrons. The van der Waals surface area contributed by atoms with Crippen LogP contribution >= 0.6 is 0 Å². The summed E-state index contributed by atoms with van der Waals surface area (Å²) in [5.41, 5.74) is 0. The van der Waals surface area contributed by atoms with E-state index in [1.54, 1.807) is 24.1 Å². The maximum absolute atomic E-state index is 12.0. The predicted molar refractivity (Wildman–Crippen MR) is 90.2 cm³/mol. The van der Waals surface area contributed by atoms with E-state index < -0.39 is 0 Å². The number of amides is 2.